The van der Waals surface area contributed by atoms with E-state index in [4.69, 9.17) is 4.52 Å². The second-order valence-corrected chi connectivity index (χ2v) is 6.85. The minimum atomic E-state index is -0.544. The molecule has 0 spiro atoms. The first-order valence-corrected chi connectivity index (χ1v) is 9.07. The molecule has 0 radical (unpaired) electrons. The number of nitrogens with one attached hydrogen (secondary N) is 2. The normalized spacial score (nSPS) is 19.5. The molecule has 3 unspecified atom stereocenters. The van der Waals surface area contributed by atoms with E-state index in [0.29, 0.717) is 11.8 Å². The lowest BCUT2D eigenvalue weighted by atomic mass is 9.89. The number of amides is 2. The van der Waals surface area contributed by atoms with Crippen molar-refractivity contribution < 1.29 is 14.4 Å². The molecule has 1 heterocycles. The lowest BCUT2D eigenvalue weighted by molar-refractivity contribution is 0.114. The molecule has 0 aliphatic heterocycles. The molecule has 2 amide bonds. The smallest absolute Gasteiger partial charge is 0.315 e. The van der Waals surface area contributed by atoms with Crippen LogP contribution in [-0.2, 0) is 0 Å². The zero-order valence-corrected chi connectivity index (χ0v) is 14.9. The molecular weight excluding hydrogens is 308 g/mol. The summed E-state index contributed by atoms with van der Waals surface area (Å²) in [5, 5.41) is 19.4. The average Bonchev–Trinajstić information content (AvgIpc) is 3.10. The highest BCUT2D eigenvalue weighted by Crippen LogP contribution is 2.31. The van der Waals surface area contributed by atoms with Crippen molar-refractivity contribution in [3.8, 4) is 0 Å². The number of nitrogens with zero attached hydrogens (tertiary/aromatic N) is 2. The van der Waals surface area contributed by atoms with Crippen LogP contribution in [-0.4, -0.2) is 33.9 Å². The summed E-state index contributed by atoms with van der Waals surface area (Å²) in [6, 6.07) is -0.710. The molecule has 7 heteroatoms. The van der Waals surface area contributed by atoms with Crippen LogP contribution < -0.4 is 10.6 Å². The lowest BCUT2D eigenvalue weighted by Gasteiger charge is -2.18. The molecule has 1 aliphatic carbocycles. The fourth-order valence-electron chi connectivity index (χ4n) is 2.93. The quantitative estimate of drug-likeness (QED) is 0.710. The second-order valence-electron chi connectivity index (χ2n) is 6.85. The fraction of sp³-hybridized carbons (Fsp3) is 0.824. The molecule has 0 bridgehead atoms. The maximum atomic E-state index is 11.9. The van der Waals surface area contributed by atoms with E-state index in [1.807, 2.05) is 20.8 Å². The topological polar surface area (TPSA) is 100 Å². The monoisotopic (exact) mass is 338 g/mol. The van der Waals surface area contributed by atoms with Gasteiger partial charge in [0, 0.05) is 12.5 Å². The van der Waals surface area contributed by atoms with Gasteiger partial charge in [0.2, 0.25) is 5.89 Å². The van der Waals surface area contributed by atoms with Crippen molar-refractivity contribution in [2.45, 2.75) is 77.4 Å². The molecule has 1 fully saturated rings. The summed E-state index contributed by atoms with van der Waals surface area (Å²) in [5.74, 6) is 1.71. The number of aliphatic hydroxyl groups is 1. The molecule has 3 atom stereocenters. The van der Waals surface area contributed by atoms with Gasteiger partial charge in [-0.25, -0.2) is 4.79 Å². The fourth-order valence-corrected chi connectivity index (χ4v) is 2.93. The molecule has 24 heavy (non-hydrogen) atoms. The Morgan fingerprint density at radius 3 is 2.71 bits per heavy atom. The Balaban J connectivity index is 1.80. The number of aliphatic hydroxyl groups excluding tert-OH is 1. The lowest BCUT2D eigenvalue weighted by Crippen LogP contribution is -2.42. The largest absolute Gasteiger partial charge is 0.391 e. The molecule has 1 aliphatic rings. The van der Waals surface area contributed by atoms with Crippen LogP contribution in [0.3, 0.4) is 0 Å². The third kappa shape index (κ3) is 5.19. The van der Waals surface area contributed by atoms with E-state index in [9.17, 15) is 9.90 Å². The van der Waals surface area contributed by atoms with E-state index in [-0.39, 0.29) is 24.5 Å². The average molecular weight is 338 g/mol. The minimum Gasteiger partial charge on any atom is -0.391 e. The second kappa shape index (κ2) is 9.01. The summed E-state index contributed by atoms with van der Waals surface area (Å²) in [5.41, 5.74) is 0. The van der Waals surface area contributed by atoms with Crippen LogP contribution in [0.15, 0.2) is 4.52 Å². The van der Waals surface area contributed by atoms with Crippen molar-refractivity contribution in [2.75, 3.05) is 6.54 Å². The standard InChI is InChI=1S/C17H30N4O3/c1-4-11(2)14(22)10-18-17(23)19-12(3)16-20-15(21-24-16)13-8-6-5-7-9-13/h11-14,22H,4-10H2,1-3H3,(H2,18,19,23). The van der Waals surface area contributed by atoms with Gasteiger partial charge >= 0.3 is 6.03 Å². The van der Waals surface area contributed by atoms with Gasteiger partial charge in [-0.15, -0.1) is 0 Å². The molecule has 136 valence electrons. The van der Waals surface area contributed by atoms with E-state index >= 15 is 0 Å². The van der Waals surface area contributed by atoms with Gasteiger partial charge in [-0.05, 0) is 25.7 Å². The van der Waals surface area contributed by atoms with Crippen LogP contribution in [0.2, 0.25) is 0 Å². The highest BCUT2D eigenvalue weighted by molar-refractivity contribution is 5.74. The van der Waals surface area contributed by atoms with E-state index in [0.717, 1.165) is 25.1 Å². The molecule has 1 aromatic rings. The Morgan fingerprint density at radius 1 is 1.33 bits per heavy atom. The van der Waals surface area contributed by atoms with E-state index in [1.165, 1.54) is 19.3 Å². The number of carbonyl (C=O) groups is 1. The Bertz CT molecular complexity index is 514. The Hall–Kier alpha value is -1.63. The third-order valence-corrected chi connectivity index (χ3v) is 4.92. The molecule has 1 saturated carbocycles. The van der Waals surface area contributed by atoms with Crippen molar-refractivity contribution in [3.05, 3.63) is 11.7 Å². The number of hydrogen-bond acceptors (Lipinski definition) is 5. The van der Waals surface area contributed by atoms with E-state index in [2.05, 4.69) is 20.8 Å². The van der Waals surface area contributed by atoms with Crippen LogP contribution in [0.1, 0.15) is 83.0 Å². The minimum absolute atomic E-state index is 0.150. The SMILES string of the molecule is CCC(C)C(O)CNC(=O)NC(C)c1nc(C2CCCCC2)no1. The maximum absolute atomic E-state index is 11.9. The van der Waals surface area contributed by atoms with Crippen LogP contribution in [0.5, 0.6) is 0 Å². The van der Waals surface area contributed by atoms with Crippen LogP contribution in [0.4, 0.5) is 4.79 Å². The number of carbonyl (C=O) groups excluding carboxylic acids is 1. The van der Waals surface area contributed by atoms with Gasteiger partial charge < -0.3 is 20.3 Å². The molecule has 0 aromatic carbocycles. The highest BCUT2D eigenvalue weighted by atomic mass is 16.5. The Kier molecular flexibility index (Phi) is 7.02. The highest BCUT2D eigenvalue weighted by Gasteiger charge is 2.23. The van der Waals surface area contributed by atoms with Crippen molar-refractivity contribution in [2.24, 2.45) is 5.92 Å². The molecule has 3 N–H and O–H groups in total. The van der Waals surface area contributed by atoms with Gasteiger partial charge in [0.25, 0.3) is 0 Å². The molecule has 0 saturated heterocycles. The summed E-state index contributed by atoms with van der Waals surface area (Å²) in [6.45, 7) is 6.00. The summed E-state index contributed by atoms with van der Waals surface area (Å²) < 4.78 is 5.31. The molecular formula is C17H30N4O3. The Morgan fingerprint density at radius 2 is 2.04 bits per heavy atom. The van der Waals surface area contributed by atoms with Crippen molar-refractivity contribution in [1.29, 1.82) is 0 Å². The number of rotatable bonds is 7. The number of hydrogen-bond donors (Lipinski definition) is 3. The van der Waals surface area contributed by atoms with Gasteiger partial charge in [0.1, 0.15) is 6.04 Å². The summed E-state index contributed by atoms with van der Waals surface area (Å²) in [4.78, 5) is 16.4. The van der Waals surface area contributed by atoms with Crippen molar-refractivity contribution in [1.82, 2.24) is 20.8 Å². The predicted octanol–water partition coefficient (Wildman–Crippen LogP) is 2.88. The maximum Gasteiger partial charge on any atom is 0.315 e. The van der Waals surface area contributed by atoms with Crippen LogP contribution in [0.25, 0.3) is 0 Å². The van der Waals surface area contributed by atoms with Gasteiger partial charge in [-0.3, -0.25) is 0 Å². The first-order valence-electron chi connectivity index (χ1n) is 9.07. The van der Waals surface area contributed by atoms with Gasteiger partial charge in [0.15, 0.2) is 5.82 Å². The molecule has 1 aromatic heterocycles. The first-order chi connectivity index (χ1) is 11.5. The number of urea groups is 1. The van der Waals surface area contributed by atoms with Crippen LogP contribution >= 0.6 is 0 Å². The van der Waals surface area contributed by atoms with Crippen molar-refractivity contribution in [3.63, 3.8) is 0 Å². The van der Waals surface area contributed by atoms with Crippen LogP contribution in [0, 0.1) is 5.92 Å². The van der Waals surface area contributed by atoms with Gasteiger partial charge in [-0.1, -0.05) is 44.7 Å². The number of aromatic nitrogens is 2. The summed E-state index contributed by atoms with van der Waals surface area (Å²) in [7, 11) is 0. The van der Waals surface area contributed by atoms with Gasteiger partial charge in [0.05, 0.1) is 6.10 Å². The first kappa shape index (κ1) is 18.7. The summed E-state index contributed by atoms with van der Waals surface area (Å²) >= 11 is 0. The van der Waals surface area contributed by atoms with Gasteiger partial charge in [-0.2, -0.15) is 4.98 Å². The Labute approximate surface area is 143 Å². The van der Waals surface area contributed by atoms with Crippen molar-refractivity contribution >= 4 is 6.03 Å². The van der Waals surface area contributed by atoms with E-state index < -0.39 is 6.10 Å². The summed E-state index contributed by atoms with van der Waals surface area (Å²) in [6.07, 6.45) is 6.24. The predicted molar refractivity (Wildman–Crippen MR) is 90.5 cm³/mol. The van der Waals surface area contributed by atoms with E-state index in [1.54, 1.807) is 0 Å². The molecule has 7 nitrogen and oxygen atoms in total. The third-order valence-electron chi connectivity index (χ3n) is 4.92. The molecule has 2 rings (SSSR count). The zero-order valence-electron chi connectivity index (χ0n) is 14.9. The zero-order chi connectivity index (χ0) is 17.5.